The molecule has 0 radical (unpaired) electrons. The summed E-state index contributed by atoms with van der Waals surface area (Å²) in [7, 11) is 3.76. The van der Waals surface area contributed by atoms with Crippen LogP contribution < -0.4 is 25.8 Å². The standard InChI is InChI=1S/C20H25N3O3/c1-22-20(23-2)12-15(10-14-6-4-3-5-7-14)17-11-16(25-13-19(21)24)8-9-18(17)26-20/h3-9,11,15,22-23H,10,12-13H2,1-2H3,(H2,21,24). The molecule has 6 heteroatoms. The summed E-state index contributed by atoms with van der Waals surface area (Å²) in [6.07, 6.45) is 1.63. The molecule has 0 spiro atoms. The van der Waals surface area contributed by atoms with Gasteiger partial charge in [0, 0.05) is 12.0 Å². The fraction of sp³-hybridized carbons (Fsp3) is 0.350. The van der Waals surface area contributed by atoms with Crippen molar-refractivity contribution in [2.75, 3.05) is 20.7 Å². The third-order valence-electron chi connectivity index (χ3n) is 4.75. The van der Waals surface area contributed by atoms with Gasteiger partial charge in [0.2, 0.25) is 5.85 Å². The number of nitrogens with one attached hydrogen (secondary N) is 2. The first-order chi connectivity index (χ1) is 12.5. The number of hydrogen-bond donors (Lipinski definition) is 3. The molecule has 6 nitrogen and oxygen atoms in total. The zero-order valence-corrected chi connectivity index (χ0v) is 15.1. The molecule has 0 saturated carbocycles. The summed E-state index contributed by atoms with van der Waals surface area (Å²) in [5.74, 6) is 0.516. The van der Waals surface area contributed by atoms with Gasteiger partial charge in [0.25, 0.3) is 5.91 Å². The number of benzene rings is 2. The molecule has 0 fully saturated rings. The van der Waals surface area contributed by atoms with Crippen LogP contribution in [0.15, 0.2) is 48.5 Å². The highest BCUT2D eigenvalue weighted by atomic mass is 16.5. The van der Waals surface area contributed by atoms with E-state index in [4.69, 9.17) is 15.2 Å². The average molecular weight is 355 g/mol. The summed E-state index contributed by atoms with van der Waals surface area (Å²) in [6.45, 7) is -0.139. The van der Waals surface area contributed by atoms with Gasteiger partial charge in [-0.3, -0.25) is 15.4 Å². The molecule has 0 aromatic heterocycles. The maximum absolute atomic E-state index is 11.0. The molecular weight excluding hydrogens is 330 g/mol. The minimum absolute atomic E-state index is 0.139. The van der Waals surface area contributed by atoms with Gasteiger partial charge in [0.15, 0.2) is 6.61 Å². The second kappa shape index (κ2) is 7.76. The number of rotatable bonds is 7. The molecule has 1 aliphatic heterocycles. The smallest absolute Gasteiger partial charge is 0.255 e. The molecule has 1 unspecified atom stereocenters. The van der Waals surface area contributed by atoms with E-state index in [-0.39, 0.29) is 12.5 Å². The predicted molar refractivity (Wildman–Crippen MR) is 100 cm³/mol. The molecule has 0 saturated heterocycles. The lowest BCUT2D eigenvalue weighted by molar-refractivity contribution is -0.119. The maximum Gasteiger partial charge on any atom is 0.255 e. The second-order valence-electron chi connectivity index (χ2n) is 6.47. The number of ether oxygens (including phenoxy) is 2. The third-order valence-corrected chi connectivity index (χ3v) is 4.75. The molecule has 1 amide bonds. The SMILES string of the molecule is CNC1(NC)CC(Cc2ccccc2)c2cc(OCC(N)=O)ccc2O1. The first-order valence-electron chi connectivity index (χ1n) is 8.71. The Kier molecular flexibility index (Phi) is 5.44. The number of fused-ring (bicyclic) bond motifs is 1. The molecule has 1 aliphatic rings. The average Bonchev–Trinajstić information content (AvgIpc) is 2.67. The van der Waals surface area contributed by atoms with Crippen LogP contribution in [-0.4, -0.2) is 32.5 Å². The van der Waals surface area contributed by atoms with Crippen LogP contribution in [0, 0.1) is 0 Å². The zero-order chi connectivity index (χ0) is 18.6. The highest BCUT2D eigenvalue weighted by Crippen LogP contribution is 2.42. The summed E-state index contributed by atoms with van der Waals surface area (Å²) in [6, 6.07) is 16.0. The minimum Gasteiger partial charge on any atom is -0.484 e. The molecule has 138 valence electrons. The lowest BCUT2D eigenvalue weighted by Crippen LogP contribution is -2.60. The van der Waals surface area contributed by atoms with Gasteiger partial charge in [0.1, 0.15) is 11.5 Å². The van der Waals surface area contributed by atoms with Crippen LogP contribution in [0.1, 0.15) is 23.5 Å². The van der Waals surface area contributed by atoms with E-state index in [2.05, 4.69) is 22.8 Å². The lowest BCUT2D eigenvalue weighted by Gasteiger charge is -2.42. The monoisotopic (exact) mass is 355 g/mol. The molecular formula is C20H25N3O3. The number of primary amides is 1. The molecule has 0 bridgehead atoms. The first-order valence-corrected chi connectivity index (χ1v) is 8.71. The van der Waals surface area contributed by atoms with Crippen molar-refractivity contribution in [3.63, 3.8) is 0 Å². The second-order valence-corrected chi connectivity index (χ2v) is 6.47. The van der Waals surface area contributed by atoms with Crippen LogP contribution >= 0.6 is 0 Å². The van der Waals surface area contributed by atoms with E-state index in [0.29, 0.717) is 5.75 Å². The van der Waals surface area contributed by atoms with Gasteiger partial charge in [-0.15, -0.1) is 0 Å². The molecule has 2 aromatic carbocycles. The van der Waals surface area contributed by atoms with Gasteiger partial charge in [-0.25, -0.2) is 0 Å². The van der Waals surface area contributed by atoms with Gasteiger partial charge in [-0.05, 0) is 50.2 Å². The van der Waals surface area contributed by atoms with E-state index in [9.17, 15) is 4.79 Å². The van der Waals surface area contributed by atoms with E-state index >= 15 is 0 Å². The molecule has 2 aromatic rings. The van der Waals surface area contributed by atoms with Crippen LogP contribution in [-0.2, 0) is 11.2 Å². The van der Waals surface area contributed by atoms with Crippen LogP contribution in [0.5, 0.6) is 11.5 Å². The minimum atomic E-state index is -0.623. The zero-order valence-electron chi connectivity index (χ0n) is 15.1. The van der Waals surface area contributed by atoms with Gasteiger partial charge >= 0.3 is 0 Å². The lowest BCUT2D eigenvalue weighted by atomic mass is 9.84. The number of nitrogens with two attached hydrogens (primary N) is 1. The largest absolute Gasteiger partial charge is 0.484 e. The highest BCUT2D eigenvalue weighted by molar-refractivity contribution is 5.75. The summed E-state index contributed by atoms with van der Waals surface area (Å²) >= 11 is 0. The quantitative estimate of drug-likeness (QED) is 0.659. The van der Waals surface area contributed by atoms with E-state index in [1.807, 2.05) is 44.4 Å². The Labute approximate surface area is 153 Å². The van der Waals surface area contributed by atoms with Crippen LogP contribution in [0.25, 0.3) is 0 Å². The highest BCUT2D eigenvalue weighted by Gasteiger charge is 2.39. The fourth-order valence-corrected chi connectivity index (χ4v) is 3.38. The Morgan fingerprint density at radius 1 is 1.23 bits per heavy atom. The van der Waals surface area contributed by atoms with Crippen LogP contribution in [0.2, 0.25) is 0 Å². The Morgan fingerprint density at radius 3 is 2.62 bits per heavy atom. The van der Waals surface area contributed by atoms with Gasteiger partial charge in [-0.2, -0.15) is 0 Å². The number of hydrogen-bond acceptors (Lipinski definition) is 5. The van der Waals surface area contributed by atoms with Crippen LogP contribution in [0.4, 0.5) is 0 Å². The predicted octanol–water partition coefficient (Wildman–Crippen LogP) is 1.75. The van der Waals surface area contributed by atoms with Crippen molar-refractivity contribution < 1.29 is 14.3 Å². The van der Waals surface area contributed by atoms with E-state index in [1.54, 1.807) is 6.07 Å². The summed E-state index contributed by atoms with van der Waals surface area (Å²) < 4.78 is 11.7. The molecule has 26 heavy (non-hydrogen) atoms. The van der Waals surface area contributed by atoms with E-state index < -0.39 is 11.8 Å². The molecule has 4 N–H and O–H groups in total. The van der Waals surface area contributed by atoms with Crippen molar-refractivity contribution in [3.8, 4) is 11.5 Å². The Balaban J connectivity index is 1.93. The summed E-state index contributed by atoms with van der Waals surface area (Å²) in [5, 5.41) is 6.51. The van der Waals surface area contributed by atoms with Crippen molar-refractivity contribution >= 4 is 5.91 Å². The summed E-state index contributed by atoms with van der Waals surface area (Å²) in [5.41, 5.74) is 7.50. The number of amides is 1. The summed E-state index contributed by atoms with van der Waals surface area (Å²) in [4.78, 5) is 11.0. The van der Waals surface area contributed by atoms with Crippen molar-refractivity contribution in [1.82, 2.24) is 10.6 Å². The molecule has 1 heterocycles. The van der Waals surface area contributed by atoms with Crippen molar-refractivity contribution in [1.29, 1.82) is 0 Å². The van der Waals surface area contributed by atoms with Crippen LogP contribution in [0.3, 0.4) is 0 Å². The number of carbonyl (C=O) groups is 1. The Morgan fingerprint density at radius 2 is 1.96 bits per heavy atom. The van der Waals surface area contributed by atoms with Crippen molar-refractivity contribution in [2.24, 2.45) is 5.73 Å². The first kappa shape index (κ1) is 18.2. The fourth-order valence-electron chi connectivity index (χ4n) is 3.38. The van der Waals surface area contributed by atoms with E-state index in [0.717, 1.165) is 24.2 Å². The number of carbonyl (C=O) groups excluding carboxylic acids is 1. The van der Waals surface area contributed by atoms with Gasteiger partial charge < -0.3 is 15.2 Å². The van der Waals surface area contributed by atoms with Crippen molar-refractivity contribution in [2.45, 2.75) is 24.6 Å². The molecule has 1 atom stereocenters. The topological polar surface area (TPSA) is 85.6 Å². The normalized spacial score (nSPS) is 17.8. The van der Waals surface area contributed by atoms with Gasteiger partial charge in [0.05, 0.1) is 0 Å². The Hall–Kier alpha value is -2.57. The molecule has 0 aliphatic carbocycles. The Bertz CT molecular complexity index is 760. The van der Waals surface area contributed by atoms with E-state index in [1.165, 1.54) is 5.56 Å². The van der Waals surface area contributed by atoms with Gasteiger partial charge in [-0.1, -0.05) is 30.3 Å². The van der Waals surface area contributed by atoms with Crippen molar-refractivity contribution in [3.05, 3.63) is 59.7 Å². The maximum atomic E-state index is 11.0. The third kappa shape index (κ3) is 3.98. The molecule has 3 rings (SSSR count).